The highest BCUT2D eigenvalue weighted by molar-refractivity contribution is 6.00. The van der Waals surface area contributed by atoms with Crippen molar-refractivity contribution >= 4 is 30.0 Å². The van der Waals surface area contributed by atoms with E-state index in [0.717, 1.165) is 5.56 Å². The second-order valence-corrected chi connectivity index (χ2v) is 10.4. The molecule has 2 aromatic carbocycles. The lowest BCUT2D eigenvalue weighted by molar-refractivity contribution is -0.385. The van der Waals surface area contributed by atoms with Crippen LogP contribution in [0, 0.1) is 17.0 Å². The summed E-state index contributed by atoms with van der Waals surface area (Å²) in [5.74, 6) is -2.42. The van der Waals surface area contributed by atoms with Gasteiger partial charge in [-0.25, -0.2) is 9.59 Å². The number of nitro benzene ring substituents is 1. The van der Waals surface area contributed by atoms with E-state index >= 15 is 0 Å². The monoisotopic (exact) mass is 601 g/mol. The topological polar surface area (TPSA) is 120 Å². The van der Waals surface area contributed by atoms with Crippen LogP contribution in [0.15, 0.2) is 71.1 Å². The zero-order valence-corrected chi connectivity index (χ0v) is 25.8. The van der Waals surface area contributed by atoms with Gasteiger partial charge in [0.15, 0.2) is 0 Å². The van der Waals surface area contributed by atoms with Crippen molar-refractivity contribution in [3.63, 3.8) is 0 Å². The predicted molar refractivity (Wildman–Crippen MR) is 162 cm³/mol. The minimum absolute atomic E-state index is 0. The number of carbonyl (C=O) groups is 2. The molecule has 0 saturated carbocycles. The van der Waals surface area contributed by atoms with Gasteiger partial charge in [-0.15, -0.1) is 12.4 Å². The van der Waals surface area contributed by atoms with E-state index in [9.17, 15) is 19.7 Å². The Hall–Kier alpha value is -3.73. The summed E-state index contributed by atoms with van der Waals surface area (Å²) in [6.07, 6.45) is -0.0337. The number of nitro groups is 1. The Morgan fingerprint density at radius 1 is 0.929 bits per heavy atom. The molecule has 1 heterocycles. The Morgan fingerprint density at radius 3 is 2.07 bits per heavy atom. The van der Waals surface area contributed by atoms with Crippen LogP contribution in [0.25, 0.3) is 0 Å². The zero-order chi connectivity index (χ0) is 30.1. The average Bonchev–Trinajstić information content (AvgIpc) is 2.91. The van der Waals surface area contributed by atoms with Gasteiger partial charge in [-0.2, -0.15) is 0 Å². The van der Waals surface area contributed by atoms with Gasteiger partial charge in [-0.05, 0) is 47.2 Å². The number of hydrogen-bond acceptors (Lipinski definition) is 9. The van der Waals surface area contributed by atoms with Crippen molar-refractivity contribution in [2.45, 2.75) is 53.2 Å². The Morgan fingerprint density at radius 2 is 1.50 bits per heavy atom. The van der Waals surface area contributed by atoms with E-state index in [-0.39, 0.29) is 60.7 Å². The summed E-state index contributed by atoms with van der Waals surface area (Å²) < 4.78 is 16.6. The number of rotatable bonds is 13. The van der Waals surface area contributed by atoms with E-state index < -0.39 is 22.8 Å². The SMILES string of the molecule is CC1=C(C(=O)OCCOC(C)C)C(c2ccccc2[N+](=O)[O-])C(C(=O)OCCN(C)Cc2ccc(C)cc2)=C(C)N1.Cl. The maximum Gasteiger partial charge on any atom is 0.336 e. The van der Waals surface area contributed by atoms with Gasteiger partial charge >= 0.3 is 11.9 Å². The maximum absolute atomic E-state index is 13.6. The molecule has 0 bridgehead atoms. The molecule has 10 nitrogen and oxygen atoms in total. The number of nitrogens with one attached hydrogen (secondary N) is 1. The second-order valence-electron chi connectivity index (χ2n) is 10.4. The molecule has 11 heteroatoms. The fraction of sp³-hybridized carbons (Fsp3) is 0.419. The van der Waals surface area contributed by atoms with Gasteiger partial charge < -0.3 is 19.5 Å². The highest BCUT2D eigenvalue weighted by Gasteiger charge is 2.41. The Kier molecular flexibility index (Phi) is 13.2. The largest absolute Gasteiger partial charge is 0.461 e. The molecule has 0 aliphatic carbocycles. The number of likely N-dealkylation sites (N-methyl/N-ethyl adjacent to an activating group) is 1. The highest BCUT2D eigenvalue weighted by Crippen LogP contribution is 2.42. The van der Waals surface area contributed by atoms with Crippen molar-refractivity contribution in [2.24, 2.45) is 0 Å². The van der Waals surface area contributed by atoms with Gasteiger partial charge in [0.2, 0.25) is 0 Å². The minimum Gasteiger partial charge on any atom is -0.461 e. The van der Waals surface area contributed by atoms with Crippen LogP contribution >= 0.6 is 12.4 Å². The van der Waals surface area contributed by atoms with E-state index in [0.29, 0.717) is 24.5 Å². The molecule has 1 atom stereocenters. The first-order valence-electron chi connectivity index (χ1n) is 13.6. The van der Waals surface area contributed by atoms with Gasteiger partial charge in [0.05, 0.1) is 34.7 Å². The number of esters is 2. The summed E-state index contributed by atoms with van der Waals surface area (Å²) in [4.78, 5) is 40.4. The molecular weight excluding hydrogens is 562 g/mol. The van der Waals surface area contributed by atoms with Gasteiger partial charge in [0, 0.05) is 36.1 Å². The van der Waals surface area contributed by atoms with Crippen molar-refractivity contribution in [3.8, 4) is 0 Å². The molecule has 1 aliphatic rings. The molecule has 0 aromatic heterocycles. The third-order valence-electron chi connectivity index (χ3n) is 6.69. The lowest BCUT2D eigenvalue weighted by Crippen LogP contribution is -2.34. The number of para-hydroxylation sites is 1. The van der Waals surface area contributed by atoms with E-state index in [4.69, 9.17) is 14.2 Å². The first-order chi connectivity index (χ1) is 19.5. The van der Waals surface area contributed by atoms with E-state index in [2.05, 4.69) is 17.4 Å². The van der Waals surface area contributed by atoms with Crippen molar-refractivity contribution in [1.82, 2.24) is 10.2 Å². The zero-order valence-electron chi connectivity index (χ0n) is 25.0. The van der Waals surface area contributed by atoms with Crippen LogP contribution < -0.4 is 5.32 Å². The van der Waals surface area contributed by atoms with Crippen molar-refractivity contribution in [1.29, 1.82) is 0 Å². The van der Waals surface area contributed by atoms with Crippen LogP contribution in [0.5, 0.6) is 0 Å². The smallest absolute Gasteiger partial charge is 0.336 e. The molecular formula is C31H40ClN3O7. The molecule has 0 fully saturated rings. The van der Waals surface area contributed by atoms with Crippen LogP contribution in [0.1, 0.15) is 50.3 Å². The summed E-state index contributed by atoms with van der Waals surface area (Å²) in [5, 5.41) is 15.1. The summed E-state index contributed by atoms with van der Waals surface area (Å²) in [6, 6.07) is 14.3. The molecule has 0 amide bonds. The van der Waals surface area contributed by atoms with Crippen molar-refractivity contribution in [2.75, 3.05) is 33.4 Å². The molecule has 228 valence electrons. The average molecular weight is 602 g/mol. The molecule has 1 aliphatic heterocycles. The molecule has 1 N–H and O–H groups in total. The number of ether oxygens (including phenoxy) is 3. The van der Waals surface area contributed by atoms with Gasteiger partial charge in [-0.3, -0.25) is 15.0 Å². The van der Waals surface area contributed by atoms with Crippen LogP contribution in [0.2, 0.25) is 0 Å². The third kappa shape index (κ3) is 9.14. The van der Waals surface area contributed by atoms with Crippen molar-refractivity contribution < 1.29 is 28.7 Å². The van der Waals surface area contributed by atoms with E-state index in [1.807, 2.05) is 44.9 Å². The molecule has 0 radical (unpaired) electrons. The third-order valence-corrected chi connectivity index (χ3v) is 6.69. The number of benzene rings is 2. The van der Waals surface area contributed by atoms with Crippen LogP contribution in [-0.4, -0.2) is 61.3 Å². The van der Waals surface area contributed by atoms with Crippen LogP contribution in [-0.2, 0) is 30.3 Å². The second kappa shape index (κ2) is 16.1. The van der Waals surface area contributed by atoms with Crippen LogP contribution in [0.3, 0.4) is 0 Å². The summed E-state index contributed by atoms with van der Waals surface area (Å²) in [6.45, 7) is 10.6. The molecule has 2 aromatic rings. The lowest BCUT2D eigenvalue weighted by Gasteiger charge is -2.30. The fourth-order valence-electron chi connectivity index (χ4n) is 4.70. The van der Waals surface area contributed by atoms with Gasteiger partial charge in [-0.1, -0.05) is 48.0 Å². The minimum atomic E-state index is -1.06. The number of halogens is 1. The van der Waals surface area contributed by atoms with Gasteiger partial charge in [0.1, 0.15) is 13.2 Å². The number of carbonyl (C=O) groups excluding carboxylic acids is 2. The molecule has 0 saturated heterocycles. The number of dihydropyridines is 1. The molecule has 1 unspecified atom stereocenters. The fourth-order valence-corrected chi connectivity index (χ4v) is 4.70. The normalized spacial score (nSPS) is 14.9. The number of hydrogen-bond donors (Lipinski definition) is 1. The van der Waals surface area contributed by atoms with E-state index in [1.165, 1.54) is 11.6 Å². The highest BCUT2D eigenvalue weighted by atomic mass is 35.5. The standard InChI is InChI=1S/C31H39N3O7.ClH/c1-20(2)39-17-18-41-31(36)28-23(5)32-22(4)27(29(28)25-9-7-8-10-26(25)34(37)38)30(35)40-16-15-33(6)19-24-13-11-21(3)12-14-24;/h7-14,20,29,32H,15-19H2,1-6H3;1H. The predicted octanol–water partition coefficient (Wildman–Crippen LogP) is 5.20. The van der Waals surface area contributed by atoms with Gasteiger partial charge in [0.25, 0.3) is 5.69 Å². The lowest BCUT2D eigenvalue weighted by atomic mass is 9.79. The Balaban J connectivity index is 0.00000616. The Bertz CT molecular complexity index is 1320. The van der Waals surface area contributed by atoms with Crippen LogP contribution in [0.4, 0.5) is 5.69 Å². The number of nitrogens with zero attached hydrogens (tertiary/aromatic N) is 2. The first kappa shape index (κ1) is 34.5. The Labute approximate surface area is 253 Å². The summed E-state index contributed by atoms with van der Waals surface area (Å²) in [5.41, 5.74) is 3.42. The molecule has 0 spiro atoms. The van der Waals surface area contributed by atoms with E-state index in [1.54, 1.807) is 32.0 Å². The summed E-state index contributed by atoms with van der Waals surface area (Å²) in [7, 11) is 1.93. The van der Waals surface area contributed by atoms with Crippen molar-refractivity contribution in [3.05, 3.63) is 97.9 Å². The molecule has 3 rings (SSSR count). The number of aryl methyl sites for hydroxylation is 1. The first-order valence-corrected chi connectivity index (χ1v) is 13.6. The summed E-state index contributed by atoms with van der Waals surface area (Å²) >= 11 is 0. The quantitative estimate of drug-likeness (QED) is 0.143. The molecule has 42 heavy (non-hydrogen) atoms. The number of allylic oxidation sites excluding steroid dienone is 2. The maximum atomic E-state index is 13.6.